The molecular weight excluding hydrogens is 155 g/mol. The van der Waals surface area contributed by atoms with E-state index < -0.39 is 5.75 Å². The molecule has 0 aliphatic heterocycles. The molecule has 1 rings (SSSR count). The van der Waals surface area contributed by atoms with E-state index in [9.17, 15) is 15.3 Å². The second-order valence-electron chi connectivity index (χ2n) is 2.92. The topological polar surface area (TPSA) is 60.7 Å². The highest BCUT2D eigenvalue weighted by atomic mass is 16.3. The molecule has 0 heterocycles. The van der Waals surface area contributed by atoms with Gasteiger partial charge in [0.05, 0.1) is 0 Å². The third-order valence-corrected chi connectivity index (χ3v) is 2.28. The van der Waals surface area contributed by atoms with E-state index >= 15 is 0 Å². The van der Waals surface area contributed by atoms with Gasteiger partial charge in [0.1, 0.15) is 7.85 Å². The third-order valence-electron chi connectivity index (χ3n) is 2.28. The molecule has 0 saturated carbocycles. The summed E-state index contributed by atoms with van der Waals surface area (Å²) in [4.78, 5) is 0. The number of phenolic OH excluding ortho intramolecular Hbond substituents is 3. The molecular formula is C8H11BO3. The average Bonchev–Trinajstić information content (AvgIpc) is 2.08. The molecule has 4 heteroatoms. The molecule has 1 aromatic rings. The Hall–Kier alpha value is -1.32. The predicted molar refractivity (Wildman–Crippen MR) is 49.1 cm³/mol. The lowest BCUT2D eigenvalue weighted by Crippen LogP contribution is -2.11. The number of hydrogen-bond acceptors (Lipinski definition) is 3. The van der Waals surface area contributed by atoms with E-state index in [1.54, 1.807) is 21.7 Å². The molecule has 0 bridgehead atoms. The van der Waals surface area contributed by atoms with Gasteiger partial charge in [0.2, 0.25) is 5.75 Å². The van der Waals surface area contributed by atoms with Gasteiger partial charge in [-0.05, 0) is 25.0 Å². The summed E-state index contributed by atoms with van der Waals surface area (Å²) in [7, 11) is 1.78. The zero-order chi connectivity index (χ0) is 9.46. The van der Waals surface area contributed by atoms with Crippen LogP contribution in [-0.2, 0) is 0 Å². The van der Waals surface area contributed by atoms with Crippen LogP contribution in [0.3, 0.4) is 0 Å². The van der Waals surface area contributed by atoms with Crippen LogP contribution in [0.2, 0.25) is 0 Å². The van der Waals surface area contributed by atoms with E-state index in [1.807, 2.05) is 0 Å². The summed E-state index contributed by atoms with van der Waals surface area (Å²) in [6.07, 6.45) is 0. The second kappa shape index (κ2) is 2.62. The molecule has 0 spiro atoms. The maximum atomic E-state index is 9.28. The van der Waals surface area contributed by atoms with Crippen LogP contribution in [0.5, 0.6) is 17.2 Å². The standard InChI is InChI=1S/C8H11BO3/c1-3-5(9)4(2)7(11)8(12)6(3)10/h10-12H,9H2,1-2H3. The Morgan fingerprint density at radius 2 is 1.17 bits per heavy atom. The van der Waals surface area contributed by atoms with Crippen molar-refractivity contribution in [2.75, 3.05) is 0 Å². The smallest absolute Gasteiger partial charge is 0.200 e. The number of hydrogen-bond donors (Lipinski definition) is 3. The molecule has 0 unspecified atom stereocenters. The number of phenols is 3. The number of aromatic hydroxyl groups is 3. The molecule has 1 aromatic carbocycles. The van der Waals surface area contributed by atoms with Gasteiger partial charge < -0.3 is 15.3 Å². The Morgan fingerprint density at radius 1 is 0.833 bits per heavy atom. The molecule has 3 N–H and O–H groups in total. The van der Waals surface area contributed by atoms with Gasteiger partial charge in [-0.1, -0.05) is 5.46 Å². The monoisotopic (exact) mass is 166 g/mol. The zero-order valence-corrected chi connectivity index (χ0v) is 7.34. The fraction of sp³-hybridized carbons (Fsp3) is 0.250. The summed E-state index contributed by atoms with van der Waals surface area (Å²) >= 11 is 0. The Balaban J connectivity index is 3.60. The third kappa shape index (κ3) is 0.997. The fourth-order valence-corrected chi connectivity index (χ4v) is 1.10. The Morgan fingerprint density at radius 3 is 1.50 bits per heavy atom. The molecule has 0 aliphatic carbocycles. The van der Waals surface area contributed by atoms with Crippen LogP contribution in [0.1, 0.15) is 11.1 Å². The van der Waals surface area contributed by atoms with Crippen molar-refractivity contribution >= 4 is 13.3 Å². The van der Waals surface area contributed by atoms with Crippen LogP contribution < -0.4 is 5.46 Å². The highest BCUT2D eigenvalue weighted by Crippen LogP contribution is 2.37. The first-order valence-corrected chi connectivity index (χ1v) is 3.67. The summed E-state index contributed by atoms with van der Waals surface area (Å²) < 4.78 is 0. The van der Waals surface area contributed by atoms with Crippen molar-refractivity contribution in [3.8, 4) is 17.2 Å². The van der Waals surface area contributed by atoms with E-state index in [4.69, 9.17) is 0 Å². The highest BCUT2D eigenvalue weighted by molar-refractivity contribution is 6.35. The Kier molecular flexibility index (Phi) is 1.92. The van der Waals surface area contributed by atoms with Crippen molar-refractivity contribution in [3.63, 3.8) is 0 Å². The number of benzene rings is 1. The normalized spacial score (nSPS) is 10.2. The van der Waals surface area contributed by atoms with Gasteiger partial charge in [-0.15, -0.1) is 0 Å². The highest BCUT2D eigenvalue weighted by Gasteiger charge is 2.14. The lowest BCUT2D eigenvalue weighted by Gasteiger charge is -2.11. The van der Waals surface area contributed by atoms with Crippen LogP contribution in [0.15, 0.2) is 0 Å². The van der Waals surface area contributed by atoms with Gasteiger partial charge in [0, 0.05) is 0 Å². The molecule has 12 heavy (non-hydrogen) atoms. The second-order valence-corrected chi connectivity index (χ2v) is 2.92. The summed E-state index contributed by atoms with van der Waals surface area (Å²) in [5.74, 6) is -0.915. The van der Waals surface area contributed by atoms with Crippen molar-refractivity contribution < 1.29 is 15.3 Å². The van der Waals surface area contributed by atoms with E-state index in [1.165, 1.54) is 0 Å². The maximum absolute atomic E-state index is 9.28. The lowest BCUT2D eigenvalue weighted by molar-refractivity contribution is 0.365. The first kappa shape index (κ1) is 8.78. The van der Waals surface area contributed by atoms with Gasteiger partial charge in [-0.3, -0.25) is 0 Å². The summed E-state index contributed by atoms with van der Waals surface area (Å²) in [6, 6.07) is 0. The van der Waals surface area contributed by atoms with Crippen molar-refractivity contribution in [2.24, 2.45) is 0 Å². The predicted octanol–water partition coefficient (Wildman–Crippen LogP) is -0.321. The van der Waals surface area contributed by atoms with Gasteiger partial charge >= 0.3 is 0 Å². The van der Waals surface area contributed by atoms with E-state index in [-0.39, 0.29) is 11.5 Å². The largest absolute Gasteiger partial charge is 0.504 e. The zero-order valence-electron chi connectivity index (χ0n) is 7.34. The van der Waals surface area contributed by atoms with Gasteiger partial charge in [0.25, 0.3) is 0 Å². The first-order chi connectivity index (χ1) is 5.46. The summed E-state index contributed by atoms with van der Waals surface area (Å²) in [5.41, 5.74) is 1.99. The molecule has 3 nitrogen and oxygen atoms in total. The van der Waals surface area contributed by atoms with Crippen molar-refractivity contribution in [1.29, 1.82) is 0 Å². The molecule has 0 aliphatic rings. The van der Waals surface area contributed by atoms with E-state index in [0.717, 1.165) is 5.46 Å². The minimum absolute atomic E-state index is 0.240. The SMILES string of the molecule is Bc1c(C)c(O)c(O)c(O)c1C. The van der Waals surface area contributed by atoms with E-state index in [2.05, 4.69) is 0 Å². The van der Waals surface area contributed by atoms with Crippen LogP contribution in [0, 0.1) is 13.8 Å². The fourth-order valence-electron chi connectivity index (χ4n) is 1.10. The van der Waals surface area contributed by atoms with Crippen LogP contribution in [0.25, 0.3) is 0 Å². The van der Waals surface area contributed by atoms with Crippen molar-refractivity contribution in [3.05, 3.63) is 11.1 Å². The van der Waals surface area contributed by atoms with Crippen LogP contribution in [-0.4, -0.2) is 23.2 Å². The molecule has 0 aromatic heterocycles. The molecule has 0 fully saturated rings. The molecule has 0 atom stereocenters. The number of rotatable bonds is 0. The molecule has 0 amide bonds. The van der Waals surface area contributed by atoms with Crippen LogP contribution >= 0.6 is 0 Å². The summed E-state index contributed by atoms with van der Waals surface area (Å²) in [6.45, 7) is 3.38. The average molecular weight is 166 g/mol. The minimum atomic E-state index is -0.435. The lowest BCUT2D eigenvalue weighted by atomic mass is 9.85. The molecule has 0 radical (unpaired) electrons. The van der Waals surface area contributed by atoms with Gasteiger partial charge in [-0.2, -0.15) is 0 Å². The van der Waals surface area contributed by atoms with Gasteiger partial charge in [-0.25, -0.2) is 0 Å². The quantitative estimate of drug-likeness (QED) is 0.365. The van der Waals surface area contributed by atoms with Crippen LogP contribution in [0.4, 0.5) is 0 Å². The van der Waals surface area contributed by atoms with Crippen molar-refractivity contribution in [2.45, 2.75) is 13.8 Å². The summed E-state index contributed by atoms with van der Waals surface area (Å²) in [5, 5.41) is 27.8. The Bertz CT molecular complexity index is 229. The van der Waals surface area contributed by atoms with E-state index in [0.29, 0.717) is 11.1 Å². The Labute approximate surface area is 71.7 Å². The first-order valence-electron chi connectivity index (χ1n) is 3.67. The molecule has 0 saturated heterocycles. The maximum Gasteiger partial charge on any atom is 0.200 e. The van der Waals surface area contributed by atoms with Crippen molar-refractivity contribution in [1.82, 2.24) is 0 Å². The minimum Gasteiger partial charge on any atom is -0.504 e. The van der Waals surface area contributed by atoms with Gasteiger partial charge in [0.15, 0.2) is 11.5 Å². The molecule has 64 valence electrons.